The molecule has 1 aromatic rings. The number of alkyl halides is 3. The number of benzene rings is 1. The summed E-state index contributed by atoms with van der Waals surface area (Å²) in [6.07, 6.45) is -3.85. The Kier molecular flexibility index (Phi) is 5.57. The Morgan fingerprint density at radius 1 is 1.23 bits per heavy atom. The van der Waals surface area contributed by atoms with Crippen LogP contribution in [0.4, 0.5) is 13.2 Å². The minimum absolute atomic E-state index is 0.250. The van der Waals surface area contributed by atoms with E-state index >= 15 is 0 Å². The Balaban J connectivity index is 3.14. The minimum atomic E-state index is -4.65. The fourth-order valence-corrected chi connectivity index (χ4v) is 2.19. The van der Waals surface area contributed by atoms with E-state index in [9.17, 15) is 22.8 Å². The normalized spacial score (nSPS) is 14.1. The highest BCUT2D eigenvalue weighted by molar-refractivity contribution is 5.99. The summed E-state index contributed by atoms with van der Waals surface area (Å²) < 4.78 is 43.5. The molecule has 1 aromatic carbocycles. The van der Waals surface area contributed by atoms with E-state index < -0.39 is 34.7 Å². The first-order valence-electron chi connectivity index (χ1n) is 6.73. The Labute approximate surface area is 126 Å². The third-order valence-electron chi connectivity index (χ3n) is 3.25. The van der Waals surface area contributed by atoms with Gasteiger partial charge in [-0.3, -0.25) is 4.79 Å². The first-order chi connectivity index (χ1) is 10.2. The van der Waals surface area contributed by atoms with Gasteiger partial charge >= 0.3 is 12.1 Å². The highest BCUT2D eigenvalue weighted by Crippen LogP contribution is 2.32. The lowest BCUT2D eigenvalue weighted by molar-refractivity contribution is -0.147. The van der Waals surface area contributed by atoms with Crippen molar-refractivity contribution in [1.29, 1.82) is 0 Å². The van der Waals surface area contributed by atoms with Crippen molar-refractivity contribution in [2.45, 2.75) is 38.4 Å². The lowest BCUT2D eigenvalue weighted by Crippen LogP contribution is -2.53. The zero-order chi connectivity index (χ0) is 17.0. The summed E-state index contributed by atoms with van der Waals surface area (Å²) in [6.45, 7) is 3.22. The molecule has 0 fully saturated rings. The Hall–Kier alpha value is -2.05. The van der Waals surface area contributed by atoms with Crippen LogP contribution in [0.3, 0.4) is 0 Å². The lowest BCUT2D eigenvalue weighted by atomic mass is 9.95. The molecule has 1 rings (SSSR count). The lowest BCUT2D eigenvalue weighted by Gasteiger charge is -2.28. The zero-order valence-corrected chi connectivity index (χ0v) is 12.6. The van der Waals surface area contributed by atoms with E-state index in [-0.39, 0.29) is 6.42 Å². The molecule has 0 bridgehead atoms. The van der Waals surface area contributed by atoms with Crippen LogP contribution in [-0.4, -0.2) is 24.5 Å². The number of hydrogen-bond donors (Lipinski definition) is 1. The number of esters is 1. The second-order valence-corrected chi connectivity index (χ2v) is 5.07. The predicted octanol–water partition coefficient (Wildman–Crippen LogP) is 3.17. The molecule has 22 heavy (non-hydrogen) atoms. The third kappa shape index (κ3) is 3.99. The number of carbonyl (C=O) groups excluding carboxylic acids is 2. The van der Waals surface area contributed by atoms with Gasteiger partial charge in [-0.25, -0.2) is 4.79 Å². The molecule has 0 aliphatic heterocycles. The van der Waals surface area contributed by atoms with Gasteiger partial charge in [0.25, 0.3) is 5.91 Å². The maximum atomic E-state index is 12.9. The Morgan fingerprint density at radius 2 is 1.82 bits per heavy atom. The molecule has 0 heterocycles. The minimum Gasteiger partial charge on any atom is -0.467 e. The van der Waals surface area contributed by atoms with Crippen molar-refractivity contribution in [3.8, 4) is 0 Å². The molecule has 0 radical (unpaired) electrons. The van der Waals surface area contributed by atoms with Crippen molar-refractivity contribution in [2.75, 3.05) is 7.11 Å². The first-order valence-corrected chi connectivity index (χ1v) is 6.73. The topological polar surface area (TPSA) is 55.4 Å². The molecule has 0 aliphatic rings. The van der Waals surface area contributed by atoms with E-state index in [2.05, 4.69) is 10.1 Å². The van der Waals surface area contributed by atoms with Crippen LogP contribution in [0.2, 0.25) is 0 Å². The van der Waals surface area contributed by atoms with Crippen LogP contribution in [0.15, 0.2) is 24.3 Å². The standard InChI is InChI=1S/C15H18F3NO3/c1-4-9-14(2,13(21)22-3)19-12(20)10-7-5-6-8-11(10)15(16,17)18/h5-8H,4,9H2,1-3H3,(H,19,20). The maximum Gasteiger partial charge on any atom is 0.417 e. The molecule has 0 saturated heterocycles. The van der Waals surface area contributed by atoms with E-state index in [1.807, 2.05) is 0 Å². The number of halogens is 3. The smallest absolute Gasteiger partial charge is 0.417 e. The SMILES string of the molecule is CCCC(C)(NC(=O)c1ccccc1C(F)(F)F)C(=O)OC. The molecule has 1 atom stereocenters. The highest BCUT2D eigenvalue weighted by atomic mass is 19.4. The van der Waals surface area contributed by atoms with Gasteiger partial charge in [0, 0.05) is 0 Å². The molecular weight excluding hydrogens is 299 g/mol. The maximum absolute atomic E-state index is 12.9. The molecule has 1 amide bonds. The van der Waals surface area contributed by atoms with Gasteiger partial charge in [-0.15, -0.1) is 0 Å². The second-order valence-electron chi connectivity index (χ2n) is 5.07. The number of rotatable bonds is 5. The van der Waals surface area contributed by atoms with E-state index in [1.54, 1.807) is 6.92 Å². The summed E-state index contributed by atoms with van der Waals surface area (Å²) in [5.74, 6) is -1.67. The molecule has 4 nitrogen and oxygen atoms in total. The third-order valence-corrected chi connectivity index (χ3v) is 3.25. The van der Waals surface area contributed by atoms with Crippen LogP contribution in [0, 0.1) is 0 Å². The molecule has 1 unspecified atom stereocenters. The molecule has 7 heteroatoms. The average Bonchev–Trinajstić information content (AvgIpc) is 2.45. The summed E-state index contributed by atoms with van der Waals surface area (Å²) in [4.78, 5) is 24.0. The molecule has 122 valence electrons. The quantitative estimate of drug-likeness (QED) is 0.849. The molecule has 1 N–H and O–H groups in total. The number of amides is 1. The monoisotopic (exact) mass is 317 g/mol. The summed E-state index contributed by atoms with van der Waals surface area (Å²) >= 11 is 0. The van der Waals surface area contributed by atoms with Crippen molar-refractivity contribution in [2.24, 2.45) is 0 Å². The van der Waals surface area contributed by atoms with Gasteiger partial charge in [-0.05, 0) is 25.5 Å². The molecule has 0 saturated carbocycles. The highest BCUT2D eigenvalue weighted by Gasteiger charge is 2.39. The Morgan fingerprint density at radius 3 is 2.32 bits per heavy atom. The molecule has 0 aromatic heterocycles. The van der Waals surface area contributed by atoms with Crippen molar-refractivity contribution in [1.82, 2.24) is 5.32 Å². The van der Waals surface area contributed by atoms with Gasteiger partial charge in [0.05, 0.1) is 18.2 Å². The van der Waals surface area contributed by atoms with Gasteiger partial charge < -0.3 is 10.1 Å². The number of hydrogen-bond acceptors (Lipinski definition) is 3. The summed E-state index contributed by atoms with van der Waals surface area (Å²) in [5, 5.41) is 2.36. The fourth-order valence-electron chi connectivity index (χ4n) is 2.19. The summed E-state index contributed by atoms with van der Waals surface area (Å²) in [6, 6.07) is 4.43. The summed E-state index contributed by atoms with van der Waals surface area (Å²) in [5.41, 5.74) is -2.95. The van der Waals surface area contributed by atoms with Crippen LogP contribution in [0.5, 0.6) is 0 Å². The molecular formula is C15H18F3NO3. The Bertz CT molecular complexity index is 557. The van der Waals surface area contributed by atoms with Crippen molar-refractivity contribution < 1.29 is 27.5 Å². The number of carbonyl (C=O) groups is 2. The fraction of sp³-hybridized carbons (Fsp3) is 0.467. The van der Waals surface area contributed by atoms with Crippen LogP contribution >= 0.6 is 0 Å². The number of nitrogens with one attached hydrogen (secondary N) is 1. The van der Waals surface area contributed by atoms with Gasteiger partial charge in [-0.1, -0.05) is 25.5 Å². The largest absolute Gasteiger partial charge is 0.467 e. The van der Waals surface area contributed by atoms with Crippen LogP contribution < -0.4 is 5.32 Å². The van der Waals surface area contributed by atoms with Gasteiger partial charge in [0.15, 0.2) is 0 Å². The van der Waals surface area contributed by atoms with Crippen LogP contribution in [-0.2, 0) is 15.7 Å². The van der Waals surface area contributed by atoms with E-state index in [4.69, 9.17) is 0 Å². The van der Waals surface area contributed by atoms with E-state index in [0.717, 1.165) is 19.2 Å². The number of ether oxygens (including phenoxy) is 1. The number of methoxy groups -OCH3 is 1. The van der Waals surface area contributed by atoms with Crippen molar-refractivity contribution in [3.05, 3.63) is 35.4 Å². The summed E-state index contributed by atoms with van der Waals surface area (Å²) in [7, 11) is 1.16. The second kappa shape index (κ2) is 6.81. The van der Waals surface area contributed by atoms with Crippen molar-refractivity contribution in [3.63, 3.8) is 0 Å². The first kappa shape index (κ1) is 18.0. The zero-order valence-electron chi connectivity index (χ0n) is 12.6. The van der Waals surface area contributed by atoms with Gasteiger partial charge in [0.1, 0.15) is 5.54 Å². The van der Waals surface area contributed by atoms with Crippen molar-refractivity contribution >= 4 is 11.9 Å². The van der Waals surface area contributed by atoms with Crippen LogP contribution in [0.1, 0.15) is 42.6 Å². The van der Waals surface area contributed by atoms with Gasteiger partial charge in [0.2, 0.25) is 0 Å². The molecule has 0 spiro atoms. The average molecular weight is 317 g/mol. The van der Waals surface area contributed by atoms with Gasteiger partial charge in [-0.2, -0.15) is 13.2 Å². The predicted molar refractivity (Wildman–Crippen MR) is 74.2 cm³/mol. The van der Waals surface area contributed by atoms with E-state index in [0.29, 0.717) is 6.42 Å². The van der Waals surface area contributed by atoms with E-state index in [1.165, 1.54) is 19.1 Å². The molecule has 0 aliphatic carbocycles. The van der Waals surface area contributed by atoms with Crippen LogP contribution in [0.25, 0.3) is 0 Å².